The Hall–Kier alpha value is -4.07. The molecule has 3 aromatic rings. The van der Waals surface area contributed by atoms with Crippen molar-refractivity contribution in [2.75, 3.05) is 19.8 Å². The van der Waals surface area contributed by atoms with E-state index in [1.165, 1.54) is 0 Å². The summed E-state index contributed by atoms with van der Waals surface area (Å²) in [6.07, 6.45) is 5.91. The van der Waals surface area contributed by atoms with Crippen molar-refractivity contribution in [1.82, 2.24) is 14.5 Å². The number of likely N-dealkylation sites (tertiary alicyclic amines) is 1. The van der Waals surface area contributed by atoms with E-state index in [-0.39, 0.29) is 11.3 Å². The van der Waals surface area contributed by atoms with E-state index in [0.717, 1.165) is 11.1 Å². The molecule has 0 radical (unpaired) electrons. The van der Waals surface area contributed by atoms with Gasteiger partial charge in [0, 0.05) is 31.0 Å². The molecule has 1 N–H and O–H groups in total. The lowest BCUT2D eigenvalue weighted by Crippen LogP contribution is -2.31. The number of aliphatic hydroxyl groups is 1. The molecule has 8 nitrogen and oxygen atoms in total. The second-order valence-corrected chi connectivity index (χ2v) is 8.42. The van der Waals surface area contributed by atoms with Crippen LogP contribution in [0.1, 0.15) is 29.2 Å². The average Bonchev–Trinajstić information content (AvgIpc) is 3.46. The average molecular weight is 460 g/mol. The van der Waals surface area contributed by atoms with E-state index in [2.05, 4.69) is 4.98 Å². The van der Waals surface area contributed by atoms with Crippen molar-refractivity contribution < 1.29 is 24.2 Å². The third kappa shape index (κ3) is 4.03. The molecule has 1 unspecified atom stereocenters. The van der Waals surface area contributed by atoms with Gasteiger partial charge in [0.1, 0.15) is 19.0 Å². The van der Waals surface area contributed by atoms with Crippen LogP contribution in [-0.4, -0.2) is 51.0 Å². The molecule has 1 atom stereocenters. The van der Waals surface area contributed by atoms with E-state index in [1.807, 2.05) is 42.0 Å². The molecule has 2 aromatic carbocycles. The molecule has 0 spiro atoms. The maximum absolute atomic E-state index is 13.2. The number of aromatic nitrogens is 2. The Morgan fingerprint density at radius 2 is 1.82 bits per heavy atom. The van der Waals surface area contributed by atoms with Crippen molar-refractivity contribution in [3.63, 3.8) is 0 Å². The van der Waals surface area contributed by atoms with Crippen LogP contribution in [0.15, 0.2) is 66.8 Å². The highest BCUT2D eigenvalue weighted by Gasteiger charge is 2.45. The van der Waals surface area contributed by atoms with Gasteiger partial charge >= 0.3 is 0 Å². The van der Waals surface area contributed by atoms with Gasteiger partial charge < -0.3 is 24.0 Å². The van der Waals surface area contributed by atoms with Gasteiger partial charge in [0.05, 0.1) is 17.9 Å². The minimum Gasteiger partial charge on any atom is -0.507 e. The number of aryl methyl sites for hydroxylation is 2. The number of hydrogen-bond donors (Lipinski definition) is 1. The zero-order valence-corrected chi connectivity index (χ0v) is 18.8. The van der Waals surface area contributed by atoms with Gasteiger partial charge in [-0.25, -0.2) is 4.98 Å². The van der Waals surface area contributed by atoms with Gasteiger partial charge in [-0.2, -0.15) is 0 Å². The molecule has 34 heavy (non-hydrogen) atoms. The fourth-order valence-corrected chi connectivity index (χ4v) is 4.39. The fourth-order valence-electron chi connectivity index (χ4n) is 4.39. The van der Waals surface area contributed by atoms with E-state index < -0.39 is 17.7 Å². The van der Waals surface area contributed by atoms with Gasteiger partial charge in [-0.3, -0.25) is 9.59 Å². The highest BCUT2D eigenvalue weighted by molar-refractivity contribution is 6.46. The first kappa shape index (κ1) is 21.8. The normalized spacial score (nSPS) is 19.0. The summed E-state index contributed by atoms with van der Waals surface area (Å²) in [5, 5.41) is 11.3. The fraction of sp³-hybridized carbons (Fsp3) is 0.269. The van der Waals surface area contributed by atoms with E-state index in [9.17, 15) is 14.7 Å². The second-order valence-electron chi connectivity index (χ2n) is 8.42. The molecule has 0 saturated carbocycles. The number of ether oxygens (including phenoxy) is 2. The highest BCUT2D eigenvalue weighted by atomic mass is 16.6. The second kappa shape index (κ2) is 9.05. The molecule has 0 bridgehead atoms. The Bertz CT molecular complexity index is 1250. The molecular weight excluding hydrogens is 434 g/mol. The van der Waals surface area contributed by atoms with Crippen LogP contribution >= 0.6 is 0 Å². The van der Waals surface area contributed by atoms with Gasteiger partial charge in [0.2, 0.25) is 0 Å². The smallest absolute Gasteiger partial charge is 0.295 e. The summed E-state index contributed by atoms with van der Waals surface area (Å²) in [6.45, 7) is 3.85. The van der Waals surface area contributed by atoms with Gasteiger partial charge in [0.25, 0.3) is 11.7 Å². The van der Waals surface area contributed by atoms with Crippen LogP contribution in [0.5, 0.6) is 11.5 Å². The number of hydrogen-bond acceptors (Lipinski definition) is 6. The van der Waals surface area contributed by atoms with Gasteiger partial charge in [-0.05, 0) is 37.1 Å². The minimum atomic E-state index is -0.694. The van der Waals surface area contributed by atoms with Crippen LogP contribution in [-0.2, 0) is 16.1 Å². The quantitative estimate of drug-likeness (QED) is 0.345. The van der Waals surface area contributed by atoms with Crippen molar-refractivity contribution in [3.8, 4) is 11.5 Å². The SMILES string of the molecule is Cc1ccc(C2/C(=C(/O)c3ccc4c(c3)OCCO4)C(=O)C(=O)N2CCCn2ccnc2)cc1. The zero-order valence-electron chi connectivity index (χ0n) is 18.8. The van der Waals surface area contributed by atoms with Crippen LogP contribution in [0.2, 0.25) is 0 Å². The number of benzene rings is 2. The number of Topliss-reactive ketones (excluding diaryl/α,β-unsaturated/α-hetero) is 1. The summed E-state index contributed by atoms with van der Waals surface area (Å²) < 4.78 is 13.1. The lowest BCUT2D eigenvalue weighted by molar-refractivity contribution is -0.139. The van der Waals surface area contributed by atoms with Gasteiger partial charge in [0.15, 0.2) is 11.5 Å². The molecule has 1 aromatic heterocycles. The third-order valence-electron chi connectivity index (χ3n) is 6.12. The van der Waals surface area contributed by atoms with Crippen LogP contribution in [0, 0.1) is 6.92 Å². The molecule has 174 valence electrons. The molecule has 3 heterocycles. The van der Waals surface area contributed by atoms with E-state index in [4.69, 9.17) is 9.47 Å². The maximum atomic E-state index is 13.2. The molecule has 2 aliphatic rings. The number of fused-ring (bicyclic) bond motifs is 1. The Labute approximate surface area is 197 Å². The van der Waals surface area contributed by atoms with E-state index in [0.29, 0.717) is 49.8 Å². The monoisotopic (exact) mass is 459 g/mol. The third-order valence-corrected chi connectivity index (χ3v) is 6.12. The molecule has 8 heteroatoms. The number of rotatable bonds is 6. The van der Waals surface area contributed by atoms with E-state index in [1.54, 1.807) is 35.6 Å². The molecule has 0 aliphatic carbocycles. The van der Waals surface area contributed by atoms with Crippen molar-refractivity contribution >= 4 is 17.4 Å². The van der Waals surface area contributed by atoms with Gasteiger partial charge in [-0.1, -0.05) is 29.8 Å². The molecule has 1 amide bonds. The van der Waals surface area contributed by atoms with Crippen molar-refractivity contribution in [3.05, 3.63) is 83.4 Å². The van der Waals surface area contributed by atoms with Crippen molar-refractivity contribution in [1.29, 1.82) is 0 Å². The minimum absolute atomic E-state index is 0.0770. The summed E-state index contributed by atoms with van der Waals surface area (Å²) in [4.78, 5) is 31.9. The first-order valence-electron chi connectivity index (χ1n) is 11.2. The molecule has 1 fully saturated rings. The van der Waals surface area contributed by atoms with Crippen LogP contribution in [0.25, 0.3) is 5.76 Å². The first-order valence-corrected chi connectivity index (χ1v) is 11.2. The first-order chi connectivity index (χ1) is 16.5. The summed E-state index contributed by atoms with van der Waals surface area (Å²) in [5.41, 5.74) is 2.31. The predicted octanol–water partition coefficient (Wildman–Crippen LogP) is 3.47. The van der Waals surface area contributed by atoms with Crippen molar-refractivity contribution in [2.24, 2.45) is 0 Å². The Kier molecular flexibility index (Phi) is 5.79. The Morgan fingerprint density at radius 1 is 1.06 bits per heavy atom. The van der Waals surface area contributed by atoms with E-state index >= 15 is 0 Å². The standard InChI is InChI=1S/C26H25N3O5/c1-17-3-5-18(6-4-17)23-22(24(30)19-7-8-20-21(15-19)34-14-13-33-20)25(31)26(32)29(23)11-2-10-28-12-9-27-16-28/h3-9,12,15-16,23,30H,2,10-11,13-14H2,1H3/b24-22-. The van der Waals surface area contributed by atoms with Crippen molar-refractivity contribution in [2.45, 2.75) is 25.9 Å². The van der Waals surface area contributed by atoms with Gasteiger partial charge in [-0.15, -0.1) is 0 Å². The number of imidazole rings is 1. The number of nitrogens with zero attached hydrogens (tertiary/aromatic N) is 3. The topological polar surface area (TPSA) is 93.9 Å². The summed E-state index contributed by atoms with van der Waals surface area (Å²) >= 11 is 0. The zero-order chi connectivity index (χ0) is 23.7. The summed E-state index contributed by atoms with van der Waals surface area (Å²) in [7, 11) is 0. The number of carbonyl (C=O) groups excluding carboxylic acids is 2. The number of aliphatic hydroxyl groups excluding tert-OH is 1. The van der Waals surface area contributed by atoms with Crippen LogP contribution in [0.4, 0.5) is 0 Å². The lowest BCUT2D eigenvalue weighted by atomic mass is 9.94. The number of carbonyl (C=O) groups is 2. The summed E-state index contributed by atoms with van der Waals surface area (Å²) in [6, 6.07) is 12.0. The maximum Gasteiger partial charge on any atom is 0.295 e. The molecular formula is C26H25N3O5. The molecule has 5 rings (SSSR count). The largest absolute Gasteiger partial charge is 0.507 e. The van der Waals surface area contributed by atoms with Crippen LogP contribution < -0.4 is 9.47 Å². The summed E-state index contributed by atoms with van der Waals surface area (Å²) in [5.74, 6) is -0.455. The number of ketones is 1. The molecule has 1 saturated heterocycles. The lowest BCUT2D eigenvalue weighted by Gasteiger charge is -2.25. The number of amides is 1. The van der Waals surface area contributed by atoms with Crippen LogP contribution in [0.3, 0.4) is 0 Å². The predicted molar refractivity (Wildman–Crippen MR) is 124 cm³/mol. The molecule has 2 aliphatic heterocycles. The Balaban J connectivity index is 1.53. The Morgan fingerprint density at radius 3 is 2.56 bits per heavy atom. The highest BCUT2D eigenvalue weighted by Crippen LogP contribution is 2.41.